The lowest BCUT2D eigenvalue weighted by Gasteiger charge is -2.24. The maximum Gasteiger partial charge on any atom is 0.223 e. The van der Waals surface area contributed by atoms with Crippen LogP contribution in [0.2, 0.25) is 0 Å². The van der Waals surface area contributed by atoms with Crippen LogP contribution < -0.4 is 0 Å². The molecule has 0 aliphatic carbocycles. The number of hydrogen-bond acceptors (Lipinski definition) is 3. The quantitative estimate of drug-likeness (QED) is 0.591. The summed E-state index contributed by atoms with van der Waals surface area (Å²) in [6, 6.07) is 20.8. The van der Waals surface area contributed by atoms with Crippen molar-refractivity contribution in [3.8, 4) is 11.3 Å². The third-order valence-corrected chi connectivity index (χ3v) is 5.47. The molecule has 1 atom stereocenters. The molecule has 0 spiro atoms. The summed E-state index contributed by atoms with van der Waals surface area (Å²) in [6.45, 7) is 0.874. The second kappa shape index (κ2) is 8.87. The first kappa shape index (κ1) is 18.5. The number of aryl methyl sites for hydroxylation is 2. The van der Waals surface area contributed by atoms with Crippen molar-refractivity contribution < 1.29 is 9.21 Å². The van der Waals surface area contributed by atoms with Crippen LogP contribution in [0, 0.1) is 0 Å². The Hall–Kier alpha value is -2.88. The highest BCUT2D eigenvalue weighted by molar-refractivity contribution is 5.77. The second-order valence-corrected chi connectivity index (χ2v) is 7.39. The Morgan fingerprint density at radius 2 is 1.79 bits per heavy atom. The lowest BCUT2D eigenvalue weighted by atomic mass is 10.0. The molecule has 4 rings (SSSR count). The maximum atomic E-state index is 12.8. The Morgan fingerprint density at radius 1 is 1.04 bits per heavy atom. The van der Waals surface area contributed by atoms with Gasteiger partial charge in [-0.15, -0.1) is 0 Å². The molecular weight excluding hydrogens is 348 g/mol. The second-order valence-electron chi connectivity index (χ2n) is 7.39. The number of likely N-dealkylation sites (tertiary alicyclic amines) is 1. The van der Waals surface area contributed by atoms with E-state index >= 15 is 0 Å². The number of oxazole rings is 1. The Labute approximate surface area is 166 Å². The number of benzene rings is 2. The Morgan fingerprint density at radius 3 is 2.57 bits per heavy atom. The summed E-state index contributed by atoms with van der Waals surface area (Å²) in [6.07, 6.45) is 7.01. The summed E-state index contributed by atoms with van der Waals surface area (Å²) < 4.78 is 5.83. The molecule has 2 heterocycles. The fourth-order valence-electron chi connectivity index (χ4n) is 3.96. The SMILES string of the molecule is O=C(CCc1ncc(-c2ccccc2)o1)N1CCCC1CCc1ccccc1. The molecule has 1 aromatic heterocycles. The zero-order valence-electron chi connectivity index (χ0n) is 16.1. The molecule has 0 radical (unpaired) electrons. The van der Waals surface area contributed by atoms with Gasteiger partial charge in [-0.1, -0.05) is 60.7 Å². The van der Waals surface area contributed by atoms with Crippen molar-refractivity contribution >= 4 is 5.91 Å². The van der Waals surface area contributed by atoms with E-state index in [1.54, 1.807) is 6.20 Å². The number of rotatable bonds is 7. The van der Waals surface area contributed by atoms with Gasteiger partial charge >= 0.3 is 0 Å². The van der Waals surface area contributed by atoms with E-state index in [-0.39, 0.29) is 5.91 Å². The summed E-state index contributed by atoms with van der Waals surface area (Å²) in [5.41, 5.74) is 2.35. The summed E-state index contributed by atoms with van der Waals surface area (Å²) in [4.78, 5) is 19.2. The third kappa shape index (κ3) is 4.50. The molecule has 1 saturated heterocycles. The van der Waals surface area contributed by atoms with E-state index in [1.807, 2.05) is 36.4 Å². The highest BCUT2D eigenvalue weighted by Gasteiger charge is 2.28. The molecule has 2 aromatic carbocycles. The lowest BCUT2D eigenvalue weighted by molar-refractivity contribution is -0.132. The molecule has 1 unspecified atom stereocenters. The first-order chi connectivity index (χ1) is 13.8. The van der Waals surface area contributed by atoms with Gasteiger partial charge in [0.1, 0.15) is 0 Å². The van der Waals surface area contributed by atoms with Gasteiger partial charge < -0.3 is 9.32 Å². The Kier molecular flexibility index (Phi) is 5.86. The van der Waals surface area contributed by atoms with Crippen LogP contribution in [0.1, 0.15) is 37.1 Å². The van der Waals surface area contributed by atoms with Crippen molar-refractivity contribution in [3.63, 3.8) is 0 Å². The highest BCUT2D eigenvalue weighted by atomic mass is 16.4. The number of amides is 1. The first-order valence-electron chi connectivity index (χ1n) is 10.1. The van der Waals surface area contributed by atoms with Crippen LogP contribution in [-0.2, 0) is 17.6 Å². The molecule has 144 valence electrons. The van der Waals surface area contributed by atoms with Gasteiger partial charge in [-0.05, 0) is 31.2 Å². The predicted octanol–water partition coefficient (Wildman–Crippen LogP) is 4.90. The minimum atomic E-state index is 0.218. The molecule has 0 bridgehead atoms. The van der Waals surface area contributed by atoms with Crippen LogP contribution in [0.4, 0.5) is 0 Å². The zero-order valence-corrected chi connectivity index (χ0v) is 16.1. The summed E-state index contributed by atoms with van der Waals surface area (Å²) >= 11 is 0. The molecule has 1 aliphatic rings. The zero-order chi connectivity index (χ0) is 19.2. The molecule has 0 N–H and O–H groups in total. The maximum absolute atomic E-state index is 12.8. The van der Waals surface area contributed by atoms with Crippen molar-refractivity contribution in [2.75, 3.05) is 6.54 Å². The van der Waals surface area contributed by atoms with Crippen molar-refractivity contribution in [1.29, 1.82) is 0 Å². The van der Waals surface area contributed by atoms with Crippen LogP contribution in [0.5, 0.6) is 0 Å². The molecule has 28 heavy (non-hydrogen) atoms. The number of nitrogens with zero attached hydrogens (tertiary/aromatic N) is 2. The van der Waals surface area contributed by atoms with Crippen LogP contribution in [0.15, 0.2) is 71.3 Å². The number of carbonyl (C=O) groups excluding carboxylic acids is 1. The van der Waals surface area contributed by atoms with Gasteiger partial charge in [-0.3, -0.25) is 4.79 Å². The minimum Gasteiger partial charge on any atom is -0.441 e. The van der Waals surface area contributed by atoms with Crippen LogP contribution in [0.25, 0.3) is 11.3 Å². The van der Waals surface area contributed by atoms with Crippen molar-refractivity contribution in [1.82, 2.24) is 9.88 Å². The monoisotopic (exact) mass is 374 g/mol. The summed E-state index contributed by atoms with van der Waals surface area (Å²) in [7, 11) is 0. The van der Waals surface area contributed by atoms with Gasteiger partial charge in [0.2, 0.25) is 5.91 Å². The Balaban J connectivity index is 1.30. The Bertz CT molecular complexity index is 889. The molecule has 1 fully saturated rings. The largest absolute Gasteiger partial charge is 0.441 e. The fraction of sp³-hybridized carbons (Fsp3) is 0.333. The van der Waals surface area contributed by atoms with E-state index in [9.17, 15) is 4.79 Å². The van der Waals surface area contributed by atoms with Gasteiger partial charge in [0.15, 0.2) is 11.7 Å². The van der Waals surface area contributed by atoms with E-state index in [4.69, 9.17) is 4.42 Å². The van der Waals surface area contributed by atoms with Gasteiger partial charge in [0.25, 0.3) is 0 Å². The standard InChI is InChI=1S/C24H26N2O2/c27-24(16-15-23-25-18-22(28-23)20-10-5-2-6-11-20)26-17-7-12-21(26)14-13-19-8-3-1-4-9-19/h1-6,8-11,18,21H,7,12-17H2. The molecule has 1 aliphatic heterocycles. The van der Waals surface area contributed by atoms with E-state index in [0.29, 0.717) is 24.8 Å². The summed E-state index contributed by atoms with van der Waals surface area (Å²) in [5, 5.41) is 0. The average molecular weight is 374 g/mol. The first-order valence-corrected chi connectivity index (χ1v) is 10.1. The number of aromatic nitrogens is 1. The van der Waals surface area contributed by atoms with Gasteiger partial charge in [0, 0.05) is 31.0 Å². The van der Waals surface area contributed by atoms with Crippen LogP contribution in [-0.4, -0.2) is 28.4 Å². The summed E-state index contributed by atoms with van der Waals surface area (Å²) in [5.74, 6) is 1.60. The molecule has 0 saturated carbocycles. The third-order valence-electron chi connectivity index (χ3n) is 5.47. The van der Waals surface area contributed by atoms with Crippen LogP contribution in [0.3, 0.4) is 0 Å². The fourth-order valence-corrected chi connectivity index (χ4v) is 3.96. The molecule has 1 amide bonds. The molecule has 3 aromatic rings. The van der Waals surface area contributed by atoms with Crippen LogP contribution >= 0.6 is 0 Å². The lowest BCUT2D eigenvalue weighted by Crippen LogP contribution is -2.36. The molecule has 4 nitrogen and oxygen atoms in total. The van der Waals surface area contributed by atoms with E-state index in [0.717, 1.165) is 43.6 Å². The topological polar surface area (TPSA) is 46.3 Å². The molecule has 4 heteroatoms. The van der Waals surface area contributed by atoms with E-state index < -0.39 is 0 Å². The van der Waals surface area contributed by atoms with Crippen molar-refractivity contribution in [2.24, 2.45) is 0 Å². The number of carbonyl (C=O) groups is 1. The van der Waals surface area contributed by atoms with Gasteiger partial charge in [-0.2, -0.15) is 0 Å². The number of hydrogen-bond donors (Lipinski definition) is 0. The highest BCUT2D eigenvalue weighted by Crippen LogP contribution is 2.24. The van der Waals surface area contributed by atoms with Crippen molar-refractivity contribution in [2.45, 2.75) is 44.6 Å². The average Bonchev–Trinajstić information content (AvgIpc) is 3.41. The predicted molar refractivity (Wildman–Crippen MR) is 110 cm³/mol. The van der Waals surface area contributed by atoms with E-state index in [2.05, 4.69) is 34.1 Å². The van der Waals surface area contributed by atoms with Crippen molar-refractivity contribution in [3.05, 3.63) is 78.3 Å². The van der Waals surface area contributed by atoms with Gasteiger partial charge in [-0.25, -0.2) is 4.98 Å². The van der Waals surface area contributed by atoms with Gasteiger partial charge in [0.05, 0.1) is 6.20 Å². The normalized spacial score (nSPS) is 16.4. The van der Waals surface area contributed by atoms with E-state index in [1.165, 1.54) is 5.56 Å². The minimum absolute atomic E-state index is 0.218. The smallest absolute Gasteiger partial charge is 0.223 e. The molecular formula is C24H26N2O2.